The minimum Gasteiger partial charge on any atom is -0.455 e. The van der Waals surface area contributed by atoms with Crippen molar-refractivity contribution in [2.45, 2.75) is 0 Å². The summed E-state index contributed by atoms with van der Waals surface area (Å²) in [6.07, 6.45) is 0. The summed E-state index contributed by atoms with van der Waals surface area (Å²) in [5, 5.41) is 12.8. The average molecular weight is 561 g/mol. The van der Waals surface area contributed by atoms with Crippen molar-refractivity contribution < 1.29 is 8.83 Å². The number of fused-ring (bicyclic) bond motifs is 10. The first-order chi connectivity index (χ1) is 21.8. The van der Waals surface area contributed by atoms with E-state index in [1.54, 1.807) is 0 Å². The Balaban J connectivity index is 1.33. The zero-order valence-corrected chi connectivity index (χ0v) is 23.7. The first-order valence-electron chi connectivity index (χ1n) is 15.0. The molecule has 10 aromatic rings. The van der Waals surface area contributed by atoms with Gasteiger partial charge in [0.1, 0.15) is 22.5 Å². The van der Waals surface area contributed by atoms with Crippen LogP contribution < -0.4 is 0 Å². The molecule has 0 amide bonds. The number of benzene rings is 8. The quantitative estimate of drug-likeness (QED) is 0.197. The van der Waals surface area contributed by atoms with E-state index in [1.807, 2.05) is 0 Å². The van der Waals surface area contributed by atoms with Gasteiger partial charge in [0, 0.05) is 38.2 Å². The molecule has 0 N–H and O–H groups in total. The fourth-order valence-corrected chi connectivity index (χ4v) is 7.34. The van der Waals surface area contributed by atoms with Gasteiger partial charge in [-0.3, -0.25) is 0 Å². The Morgan fingerprint density at radius 3 is 1.61 bits per heavy atom. The molecular formula is C42H24O2. The molecule has 2 aromatic heterocycles. The largest absolute Gasteiger partial charge is 0.455 e. The first kappa shape index (κ1) is 23.7. The van der Waals surface area contributed by atoms with E-state index in [9.17, 15) is 0 Å². The van der Waals surface area contributed by atoms with Crippen molar-refractivity contribution in [1.29, 1.82) is 0 Å². The highest BCUT2D eigenvalue weighted by atomic mass is 16.3. The van der Waals surface area contributed by atoms with Crippen LogP contribution in [0.25, 0.3) is 98.4 Å². The van der Waals surface area contributed by atoms with E-state index in [0.29, 0.717) is 0 Å². The molecule has 44 heavy (non-hydrogen) atoms. The SMILES string of the molecule is c1ccc2c(c1)ccc1cc(-c3c4ccccc4c(-c4cccc5c4oc4ccc6ccccc6c45)c4ccccc34)oc12. The zero-order chi connectivity index (χ0) is 28.8. The van der Waals surface area contributed by atoms with Gasteiger partial charge in [-0.15, -0.1) is 0 Å². The van der Waals surface area contributed by atoms with Crippen LogP contribution in [0.3, 0.4) is 0 Å². The van der Waals surface area contributed by atoms with Gasteiger partial charge < -0.3 is 8.83 Å². The predicted octanol–water partition coefficient (Wildman–Crippen LogP) is 12.3. The van der Waals surface area contributed by atoms with Gasteiger partial charge in [-0.05, 0) is 49.8 Å². The third-order valence-corrected chi connectivity index (χ3v) is 9.24. The van der Waals surface area contributed by atoms with Crippen LogP contribution in [0.2, 0.25) is 0 Å². The summed E-state index contributed by atoms with van der Waals surface area (Å²) in [6, 6.07) is 51.7. The molecule has 2 heterocycles. The van der Waals surface area contributed by atoms with E-state index in [-0.39, 0.29) is 0 Å². The summed E-state index contributed by atoms with van der Waals surface area (Å²) in [7, 11) is 0. The van der Waals surface area contributed by atoms with Gasteiger partial charge in [0.05, 0.1) is 0 Å². The molecule has 0 aliphatic rings. The molecule has 2 nitrogen and oxygen atoms in total. The van der Waals surface area contributed by atoms with E-state index in [0.717, 1.165) is 60.6 Å². The van der Waals surface area contributed by atoms with Crippen molar-refractivity contribution in [2.24, 2.45) is 0 Å². The Morgan fingerprint density at radius 2 is 0.886 bits per heavy atom. The maximum atomic E-state index is 6.76. The second kappa shape index (κ2) is 8.82. The normalized spacial score (nSPS) is 12.1. The molecule has 0 atom stereocenters. The van der Waals surface area contributed by atoms with E-state index < -0.39 is 0 Å². The maximum absolute atomic E-state index is 6.76. The smallest absolute Gasteiger partial charge is 0.143 e. The van der Waals surface area contributed by atoms with Crippen molar-refractivity contribution in [1.82, 2.24) is 0 Å². The molecule has 0 aliphatic carbocycles. The van der Waals surface area contributed by atoms with Crippen molar-refractivity contribution in [3.05, 3.63) is 146 Å². The number of hydrogen-bond acceptors (Lipinski definition) is 2. The average Bonchev–Trinajstić information content (AvgIpc) is 3.69. The van der Waals surface area contributed by atoms with Crippen LogP contribution in [0.1, 0.15) is 0 Å². The molecule has 0 saturated carbocycles. The second-order valence-electron chi connectivity index (χ2n) is 11.6. The fourth-order valence-electron chi connectivity index (χ4n) is 7.34. The van der Waals surface area contributed by atoms with E-state index in [4.69, 9.17) is 8.83 Å². The summed E-state index contributed by atoms with van der Waals surface area (Å²) in [5.41, 5.74) is 6.13. The number of rotatable bonds is 2. The lowest BCUT2D eigenvalue weighted by atomic mass is 9.87. The van der Waals surface area contributed by atoms with Gasteiger partial charge in [0.25, 0.3) is 0 Å². The van der Waals surface area contributed by atoms with Gasteiger partial charge in [-0.2, -0.15) is 0 Å². The summed E-state index contributed by atoms with van der Waals surface area (Å²) < 4.78 is 13.5. The minimum atomic E-state index is 0.878. The Hall–Kier alpha value is -5.86. The maximum Gasteiger partial charge on any atom is 0.143 e. The first-order valence-corrected chi connectivity index (χ1v) is 15.0. The lowest BCUT2D eigenvalue weighted by Crippen LogP contribution is -1.90. The van der Waals surface area contributed by atoms with Gasteiger partial charge in [0.2, 0.25) is 0 Å². The molecule has 10 rings (SSSR count). The molecule has 0 aliphatic heterocycles. The van der Waals surface area contributed by atoms with Crippen molar-refractivity contribution in [3.8, 4) is 22.5 Å². The predicted molar refractivity (Wildman–Crippen MR) is 184 cm³/mol. The molecular weight excluding hydrogens is 536 g/mol. The van der Waals surface area contributed by atoms with Crippen LogP contribution in [0.15, 0.2) is 154 Å². The van der Waals surface area contributed by atoms with Crippen molar-refractivity contribution in [2.75, 3.05) is 0 Å². The van der Waals surface area contributed by atoms with Gasteiger partial charge in [-0.25, -0.2) is 0 Å². The van der Waals surface area contributed by atoms with Crippen molar-refractivity contribution in [3.63, 3.8) is 0 Å². The summed E-state index contributed by atoms with van der Waals surface area (Å²) in [4.78, 5) is 0. The molecule has 204 valence electrons. The Morgan fingerprint density at radius 1 is 0.341 bits per heavy atom. The van der Waals surface area contributed by atoms with Crippen LogP contribution in [0, 0.1) is 0 Å². The highest BCUT2D eigenvalue weighted by Crippen LogP contribution is 2.48. The zero-order valence-electron chi connectivity index (χ0n) is 23.7. The van der Waals surface area contributed by atoms with Gasteiger partial charge in [-0.1, -0.05) is 133 Å². The molecule has 0 saturated heterocycles. The van der Waals surface area contributed by atoms with E-state index >= 15 is 0 Å². The Bertz CT molecular complexity index is 2720. The molecule has 0 bridgehead atoms. The number of furan rings is 2. The molecule has 0 unspecified atom stereocenters. The fraction of sp³-hybridized carbons (Fsp3) is 0. The second-order valence-corrected chi connectivity index (χ2v) is 11.6. The van der Waals surface area contributed by atoms with Crippen molar-refractivity contribution >= 4 is 76.0 Å². The highest BCUT2D eigenvalue weighted by Gasteiger charge is 2.22. The molecule has 0 radical (unpaired) electrons. The number of para-hydroxylation sites is 1. The summed E-state index contributed by atoms with van der Waals surface area (Å²) in [5.74, 6) is 0.878. The third-order valence-electron chi connectivity index (χ3n) is 9.24. The summed E-state index contributed by atoms with van der Waals surface area (Å²) >= 11 is 0. The standard InChI is InChI=1S/C42H24O2/c1-3-12-28-25(10-1)22-23-36-39(28)35-19-9-18-34(42(35)43-36)38-30-14-5-7-16-32(30)40(33-17-8-6-15-31(33)38)37-24-27-21-20-26-11-2-4-13-29(26)41(27)44-37/h1-24H. The Labute approximate surface area is 252 Å². The minimum absolute atomic E-state index is 0.878. The van der Waals surface area contributed by atoms with Crippen LogP contribution in [0.5, 0.6) is 0 Å². The van der Waals surface area contributed by atoms with E-state index in [1.165, 1.54) is 37.9 Å². The molecule has 8 aromatic carbocycles. The van der Waals surface area contributed by atoms with Crippen LogP contribution in [-0.4, -0.2) is 0 Å². The highest BCUT2D eigenvalue weighted by molar-refractivity contribution is 6.26. The monoisotopic (exact) mass is 560 g/mol. The lowest BCUT2D eigenvalue weighted by molar-refractivity contribution is 0.636. The van der Waals surface area contributed by atoms with Crippen LogP contribution in [0.4, 0.5) is 0 Å². The summed E-state index contributed by atoms with van der Waals surface area (Å²) in [6.45, 7) is 0. The van der Waals surface area contributed by atoms with Gasteiger partial charge in [0.15, 0.2) is 0 Å². The Kier molecular flexibility index (Phi) is 4.75. The molecule has 2 heteroatoms. The molecule has 0 spiro atoms. The topological polar surface area (TPSA) is 26.3 Å². The van der Waals surface area contributed by atoms with Crippen LogP contribution >= 0.6 is 0 Å². The van der Waals surface area contributed by atoms with Crippen LogP contribution in [-0.2, 0) is 0 Å². The number of hydrogen-bond donors (Lipinski definition) is 0. The van der Waals surface area contributed by atoms with E-state index in [2.05, 4.69) is 146 Å². The molecule has 0 fully saturated rings. The third kappa shape index (κ3) is 3.20. The lowest BCUT2D eigenvalue weighted by Gasteiger charge is -2.16. The van der Waals surface area contributed by atoms with Gasteiger partial charge >= 0.3 is 0 Å².